The number of rotatable bonds is 2. The Morgan fingerprint density at radius 3 is 2.04 bits per heavy atom. The van der Waals surface area contributed by atoms with E-state index in [1.807, 2.05) is 43.7 Å². The minimum Gasteiger partial charge on any atom is -0.327 e. The van der Waals surface area contributed by atoms with Gasteiger partial charge in [-0.25, -0.2) is 4.98 Å². The van der Waals surface area contributed by atoms with E-state index in [2.05, 4.69) is 4.98 Å². The molecule has 24 heavy (non-hydrogen) atoms. The lowest BCUT2D eigenvalue weighted by molar-refractivity contribution is -0.137. The topological polar surface area (TPSA) is 17.8 Å². The van der Waals surface area contributed by atoms with E-state index in [0.29, 0.717) is 11.4 Å². The summed E-state index contributed by atoms with van der Waals surface area (Å²) in [6.45, 7) is 4.07. The van der Waals surface area contributed by atoms with Crippen molar-refractivity contribution in [2.75, 3.05) is 0 Å². The van der Waals surface area contributed by atoms with Crippen molar-refractivity contribution < 1.29 is 13.2 Å². The van der Waals surface area contributed by atoms with Crippen molar-refractivity contribution in [3.05, 3.63) is 65.4 Å². The summed E-state index contributed by atoms with van der Waals surface area (Å²) in [5, 5.41) is 0. The fourth-order valence-electron chi connectivity index (χ4n) is 2.94. The van der Waals surface area contributed by atoms with Crippen LogP contribution in [0, 0.1) is 13.8 Å². The second-order valence-corrected chi connectivity index (χ2v) is 5.87. The Morgan fingerprint density at radius 1 is 0.917 bits per heavy atom. The van der Waals surface area contributed by atoms with Crippen LogP contribution in [0.4, 0.5) is 13.2 Å². The number of hydrogen-bond donors (Lipinski definition) is 0. The number of alkyl halides is 3. The van der Waals surface area contributed by atoms with Crippen LogP contribution >= 0.6 is 0 Å². The Morgan fingerprint density at radius 2 is 1.50 bits per heavy atom. The molecule has 0 aliphatic heterocycles. The first-order chi connectivity index (χ1) is 11.3. The monoisotopic (exact) mass is 330 g/mol. The van der Waals surface area contributed by atoms with E-state index in [1.165, 1.54) is 12.1 Å². The average molecular weight is 330 g/mol. The van der Waals surface area contributed by atoms with E-state index in [0.717, 1.165) is 34.5 Å². The van der Waals surface area contributed by atoms with E-state index < -0.39 is 11.7 Å². The van der Waals surface area contributed by atoms with Crippen LogP contribution < -0.4 is 0 Å². The number of hydrogen-bond acceptors (Lipinski definition) is 1. The molecule has 0 bridgehead atoms. The number of benzene rings is 2. The molecule has 0 fully saturated rings. The summed E-state index contributed by atoms with van der Waals surface area (Å²) in [5.74, 6) is 0.640. The van der Waals surface area contributed by atoms with Crippen LogP contribution in [0.1, 0.15) is 16.7 Å². The summed E-state index contributed by atoms with van der Waals surface area (Å²) in [7, 11) is 1.88. The van der Waals surface area contributed by atoms with E-state index in [1.54, 1.807) is 6.20 Å². The van der Waals surface area contributed by atoms with Crippen molar-refractivity contribution in [3.8, 4) is 22.6 Å². The minimum atomic E-state index is -4.33. The maximum atomic E-state index is 12.7. The van der Waals surface area contributed by atoms with Crippen LogP contribution in [0.2, 0.25) is 0 Å². The number of aryl methyl sites for hydroxylation is 2. The van der Waals surface area contributed by atoms with Gasteiger partial charge in [-0.15, -0.1) is 0 Å². The van der Waals surface area contributed by atoms with Gasteiger partial charge in [0.05, 0.1) is 17.5 Å². The Hall–Kier alpha value is -2.56. The standard InChI is InChI=1S/C19H17F3N2/c1-12-5-4-6-13(2)17(12)16-11-23-18(24(16)3)14-7-9-15(10-8-14)19(20,21)22/h4-11H,1-3H3. The molecule has 0 aliphatic carbocycles. The fourth-order valence-corrected chi connectivity index (χ4v) is 2.94. The highest BCUT2D eigenvalue weighted by Crippen LogP contribution is 2.33. The molecule has 0 unspecified atom stereocenters. The summed E-state index contributed by atoms with van der Waals surface area (Å²) in [6, 6.07) is 11.2. The van der Waals surface area contributed by atoms with Gasteiger partial charge in [0, 0.05) is 18.2 Å². The Bertz CT molecular complexity index is 854. The summed E-state index contributed by atoms with van der Waals surface area (Å²) < 4.78 is 40.0. The highest BCUT2D eigenvalue weighted by Gasteiger charge is 2.30. The number of halogens is 3. The molecule has 0 saturated heterocycles. The van der Waals surface area contributed by atoms with Gasteiger partial charge in [-0.1, -0.05) is 30.3 Å². The van der Waals surface area contributed by atoms with Gasteiger partial charge in [-0.2, -0.15) is 13.2 Å². The largest absolute Gasteiger partial charge is 0.416 e. The molecule has 5 heteroatoms. The Labute approximate surface area is 138 Å². The molecule has 0 aliphatic rings. The van der Waals surface area contributed by atoms with Gasteiger partial charge in [-0.05, 0) is 37.1 Å². The summed E-state index contributed by atoms with van der Waals surface area (Å²) in [6.07, 6.45) is -2.56. The number of aromatic nitrogens is 2. The van der Waals surface area contributed by atoms with Crippen LogP contribution in [0.15, 0.2) is 48.7 Å². The van der Waals surface area contributed by atoms with E-state index in [9.17, 15) is 13.2 Å². The molecule has 0 radical (unpaired) electrons. The number of nitrogens with zero attached hydrogens (tertiary/aromatic N) is 2. The van der Waals surface area contributed by atoms with Crippen LogP contribution in [0.5, 0.6) is 0 Å². The molecule has 3 rings (SSSR count). The molecule has 0 atom stereocenters. The van der Waals surface area contributed by atoms with Gasteiger partial charge in [0.2, 0.25) is 0 Å². The molecule has 2 nitrogen and oxygen atoms in total. The zero-order valence-electron chi connectivity index (χ0n) is 13.6. The van der Waals surface area contributed by atoms with Gasteiger partial charge in [0.1, 0.15) is 5.82 Å². The Kier molecular flexibility index (Phi) is 3.95. The molecule has 0 N–H and O–H groups in total. The van der Waals surface area contributed by atoms with Crippen molar-refractivity contribution in [3.63, 3.8) is 0 Å². The molecule has 0 saturated carbocycles. The van der Waals surface area contributed by atoms with Crippen molar-refractivity contribution in [1.29, 1.82) is 0 Å². The van der Waals surface area contributed by atoms with Crippen molar-refractivity contribution in [1.82, 2.24) is 9.55 Å². The summed E-state index contributed by atoms with van der Waals surface area (Å²) in [5.41, 5.74) is 4.32. The molecule has 3 aromatic rings. The van der Waals surface area contributed by atoms with Crippen LogP contribution in [-0.2, 0) is 13.2 Å². The van der Waals surface area contributed by atoms with Crippen LogP contribution in [0.25, 0.3) is 22.6 Å². The lowest BCUT2D eigenvalue weighted by Gasteiger charge is -2.12. The van der Waals surface area contributed by atoms with Crippen molar-refractivity contribution in [2.24, 2.45) is 7.05 Å². The lowest BCUT2D eigenvalue weighted by Crippen LogP contribution is -2.04. The average Bonchev–Trinajstić information content (AvgIpc) is 2.88. The first-order valence-electron chi connectivity index (χ1n) is 7.55. The molecule has 2 aromatic carbocycles. The van der Waals surface area contributed by atoms with E-state index in [-0.39, 0.29) is 0 Å². The van der Waals surface area contributed by atoms with Crippen molar-refractivity contribution in [2.45, 2.75) is 20.0 Å². The second-order valence-electron chi connectivity index (χ2n) is 5.87. The molecular weight excluding hydrogens is 313 g/mol. The van der Waals surface area contributed by atoms with Gasteiger partial charge < -0.3 is 4.57 Å². The van der Waals surface area contributed by atoms with Gasteiger partial charge in [0.25, 0.3) is 0 Å². The van der Waals surface area contributed by atoms with Gasteiger partial charge in [0.15, 0.2) is 0 Å². The molecule has 124 valence electrons. The smallest absolute Gasteiger partial charge is 0.327 e. The zero-order valence-corrected chi connectivity index (χ0v) is 13.6. The third-order valence-corrected chi connectivity index (χ3v) is 4.20. The third-order valence-electron chi connectivity index (χ3n) is 4.20. The Balaban J connectivity index is 2.05. The lowest BCUT2D eigenvalue weighted by atomic mass is 10.0. The molecule has 1 aromatic heterocycles. The highest BCUT2D eigenvalue weighted by atomic mass is 19.4. The quantitative estimate of drug-likeness (QED) is 0.616. The maximum Gasteiger partial charge on any atom is 0.416 e. The summed E-state index contributed by atoms with van der Waals surface area (Å²) >= 11 is 0. The normalized spacial score (nSPS) is 11.8. The molecular formula is C19H17F3N2. The first kappa shape index (κ1) is 16.3. The van der Waals surface area contributed by atoms with E-state index in [4.69, 9.17) is 0 Å². The molecule has 0 spiro atoms. The molecule has 1 heterocycles. The van der Waals surface area contributed by atoms with Gasteiger partial charge in [-0.3, -0.25) is 0 Å². The zero-order chi connectivity index (χ0) is 17.5. The van der Waals surface area contributed by atoms with Gasteiger partial charge >= 0.3 is 6.18 Å². The second kappa shape index (κ2) is 5.82. The predicted octanol–water partition coefficient (Wildman–Crippen LogP) is 5.39. The first-order valence-corrected chi connectivity index (χ1v) is 7.55. The predicted molar refractivity (Wildman–Crippen MR) is 88.6 cm³/mol. The minimum absolute atomic E-state index is 0.640. The van der Waals surface area contributed by atoms with Crippen molar-refractivity contribution >= 4 is 0 Å². The van der Waals surface area contributed by atoms with E-state index >= 15 is 0 Å². The highest BCUT2D eigenvalue weighted by molar-refractivity contribution is 5.71. The van der Waals surface area contributed by atoms with Crippen LogP contribution in [-0.4, -0.2) is 9.55 Å². The summed E-state index contributed by atoms with van der Waals surface area (Å²) in [4.78, 5) is 4.42. The SMILES string of the molecule is Cc1cccc(C)c1-c1cnc(-c2ccc(C(F)(F)F)cc2)n1C. The third kappa shape index (κ3) is 2.82. The fraction of sp³-hybridized carbons (Fsp3) is 0.211. The van der Waals surface area contributed by atoms with Crippen LogP contribution in [0.3, 0.4) is 0 Å². The number of imidazole rings is 1. The maximum absolute atomic E-state index is 12.7. The molecule has 0 amide bonds.